The smallest absolute Gasteiger partial charge is 0.0584 e. The summed E-state index contributed by atoms with van der Waals surface area (Å²) in [5.74, 6) is 0. The van der Waals surface area contributed by atoms with E-state index in [0.29, 0.717) is 0 Å². The number of hydrogen-bond acceptors (Lipinski definition) is 1. The Morgan fingerprint density at radius 1 is 0.667 bits per heavy atom. The van der Waals surface area contributed by atoms with Gasteiger partial charge < -0.3 is 0 Å². The Hall–Kier alpha value is -1.57. The second kappa shape index (κ2) is 3.71. The molecule has 2 heteroatoms. The van der Waals surface area contributed by atoms with Crippen LogP contribution < -0.4 is 0 Å². The van der Waals surface area contributed by atoms with Crippen molar-refractivity contribution in [2.45, 2.75) is 0 Å². The largest absolute Gasteiger partial charge is 0.133 e. The molecule has 0 atom stereocenters. The lowest BCUT2D eigenvalue weighted by Gasteiger charge is -1.98. The normalized spacial score (nSPS) is 11.6. The van der Waals surface area contributed by atoms with Crippen LogP contribution in [0.3, 0.4) is 0 Å². The first-order valence-electron chi connectivity index (χ1n) is 5.83. The predicted octanol–water partition coefficient (Wildman–Crippen LogP) is 5.86. The van der Waals surface area contributed by atoms with Gasteiger partial charge in [-0.1, -0.05) is 60.1 Å². The SMILES string of the molecule is Clc1cccc2c1sc1c3ccccc3ccc21. The molecule has 0 N–H and O–H groups in total. The van der Waals surface area contributed by atoms with Crippen molar-refractivity contribution in [1.29, 1.82) is 0 Å². The van der Waals surface area contributed by atoms with Crippen LogP contribution >= 0.6 is 22.9 Å². The third-order valence-corrected chi connectivity index (χ3v) is 5.06. The highest BCUT2D eigenvalue weighted by Crippen LogP contribution is 2.40. The number of benzene rings is 3. The minimum atomic E-state index is 0.845. The predicted molar refractivity (Wildman–Crippen MR) is 81.8 cm³/mol. The fraction of sp³-hybridized carbons (Fsp3) is 0. The molecule has 1 aromatic heterocycles. The van der Waals surface area contributed by atoms with Gasteiger partial charge in [-0.05, 0) is 16.8 Å². The van der Waals surface area contributed by atoms with E-state index in [2.05, 4.69) is 42.5 Å². The Labute approximate surface area is 113 Å². The number of fused-ring (bicyclic) bond motifs is 5. The van der Waals surface area contributed by atoms with Crippen molar-refractivity contribution < 1.29 is 0 Å². The Bertz CT molecular complexity index is 889. The zero-order chi connectivity index (χ0) is 12.1. The summed E-state index contributed by atoms with van der Waals surface area (Å²) in [6.45, 7) is 0. The summed E-state index contributed by atoms with van der Waals surface area (Å²) < 4.78 is 2.52. The Kier molecular flexibility index (Phi) is 2.14. The average molecular weight is 269 g/mol. The summed E-state index contributed by atoms with van der Waals surface area (Å²) in [5, 5.41) is 6.00. The average Bonchev–Trinajstić information content (AvgIpc) is 2.79. The van der Waals surface area contributed by atoms with Gasteiger partial charge in [0.2, 0.25) is 0 Å². The molecule has 3 aromatic carbocycles. The molecule has 0 saturated carbocycles. The zero-order valence-electron chi connectivity index (χ0n) is 9.48. The van der Waals surface area contributed by atoms with Crippen LogP contribution in [0.4, 0.5) is 0 Å². The Morgan fingerprint density at radius 3 is 2.39 bits per heavy atom. The summed E-state index contributed by atoms with van der Waals surface area (Å²) >= 11 is 8.08. The second-order valence-electron chi connectivity index (χ2n) is 4.38. The Morgan fingerprint density at radius 2 is 1.44 bits per heavy atom. The van der Waals surface area contributed by atoms with Crippen LogP contribution in [0, 0.1) is 0 Å². The van der Waals surface area contributed by atoms with E-state index in [9.17, 15) is 0 Å². The Balaban J connectivity index is 2.33. The van der Waals surface area contributed by atoms with Gasteiger partial charge in [0.15, 0.2) is 0 Å². The molecule has 0 aliphatic rings. The first kappa shape index (κ1) is 10.4. The van der Waals surface area contributed by atoms with Crippen LogP contribution in [0.1, 0.15) is 0 Å². The molecule has 0 aliphatic heterocycles. The van der Waals surface area contributed by atoms with Crippen LogP contribution in [-0.2, 0) is 0 Å². The number of hydrogen-bond donors (Lipinski definition) is 0. The highest BCUT2D eigenvalue weighted by atomic mass is 35.5. The molecule has 0 radical (unpaired) electrons. The lowest BCUT2D eigenvalue weighted by atomic mass is 10.1. The number of thiophene rings is 1. The molecule has 0 unspecified atom stereocenters. The molecule has 4 rings (SSSR count). The van der Waals surface area contributed by atoms with Gasteiger partial charge in [-0.15, -0.1) is 11.3 Å². The summed E-state index contributed by atoms with van der Waals surface area (Å²) in [7, 11) is 0. The van der Waals surface area contributed by atoms with Gasteiger partial charge in [0.1, 0.15) is 0 Å². The van der Waals surface area contributed by atoms with Crippen molar-refractivity contribution in [3.05, 3.63) is 59.6 Å². The van der Waals surface area contributed by atoms with Gasteiger partial charge in [0.25, 0.3) is 0 Å². The molecule has 0 saturated heterocycles. The maximum absolute atomic E-state index is 6.29. The molecule has 0 aliphatic carbocycles. The van der Waals surface area contributed by atoms with E-state index in [1.54, 1.807) is 11.3 Å². The summed E-state index contributed by atoms with van der Waals surface area (Å²) in [6, 6.07) is 19.0. The van der Waals surface area contributed by atoms with E-state index in [-0.39, 0.29) is 0 Å². The van der Waals surface area contributed by atoms with E-state index in [1.165, 1.54) is 30.9 Å². The van der Waals surface area contributed by atoms with Crippen molar-refractivity contribution >= 4 is 53.9 Å². The van der Waals surface area contributed by atoms with Gasteiger partial charge in [0.05, 0.1) is 9.72 Å². The molecule has 4 aromatic rings. The van der Waals surface area contributed by atoms with Crippen molar-refractivity contribution in [3.63, 3.8) is 0 Å². The molecule has 0 fully saturated rings. The summed E-state index contributed by atoms with van der Waals surface area (Å²) in [5.41, 5.74) is 0. The third-order valence-electron chi connectivity index (χ3n) is 3.34. The highest BCUT2D eigenvalue weighted by molar-refractivity contribution is 7.27. The van der Waals surface area contributed by atoms with E-state index in [4.69, 9.17) is 11.6 Å². The van der Waals surface area contributed by atoms with Crippen LogP contribution in [0.25, 0.3) is 30.9 Å². The van der Waals surface area contributed by atoms with E-state index in [1.807, 2.05) is 12.1 Å². The van der Waals surface area contributed by atoms with Gasteiger partial charge in [-0.2, -0.15) is 0 Å². The molecule has 18 heavy (non-hydrogen) atoms. The lowest BCUT2D eigenvalue weighted by molar-refractivity contribution is 1.81. The maximum Gasteiger partial charge on any atom is 0.0584 e. The number of rotatable bonds is 0. The van der Waals surface area contributed by atoms with Crippen LogP contribution in [0.5, 0.6) is 0 Å². The van der Waals surface area contributed by atoms with Gasteiger partial charge in [-0.3, -0.25) is 0 Å². The molecule has 0 spiro atoms. The molecular formula is C16H9ClS. The standard InChI is InChI=1S/C16H9ClS/c17-14-7-3-6-12-13-9-8-10-4-1-2-5-11(10)15(13)18-16(12)14/h1-9H. The molecule has 1 heterocycles. The first-order chi connectivity index (χ1) is 8.84. The zero-order valence-corrected chi connectivity index (χ0v) is 11.1. The fourth-order valence-electron chi connectivity index (χ4n) is 2.49. The highest BCUT2D eigenvalue weighted by Gasteiger charge is 2.09. The van der Waals surface area contributed by atoms with E-state index >= 15 is 0 Å². The topological polar surface area (TPSA) is 0 Å². The van der Waals surface area contributed by atoms with E-state index in [0.717, 1.165) is 5.02 Å². The van der Waals surface area contributed by atoms with Gasteiger partial charge in [-0.25, -0.2) is 0 Å². The molecule has 0 amide bonds. The monoisotopic (exact) mass is 268 g/mol. The first-order valence-corrected chi connectivity index (χ1v) is 7.02. The maximum atomic E-state index is 6.29. The molecule has 86 valence electrons. The van der Waals surface area contributed by atoms with Crippen molar-refractivity contribution in [2.24, 2.45) is 0 Å². The van der Waals surface area contributed by atoms with Gasteiger partial charge >= 0.3 is 0 Å². The summed E-state index contributed by atoms with van der Waals surface area (Å²) in [4.78, 5) is 0. The molecular weight excluding hydrogens is 260 g/mol. The van der Waals surface area contributed by atoms with Gasteiger partial charge in [0, 0.05) is 15.5 Å². The minimum Gasteiger partial charge on any atom is -0.133 e. The summed E-state index contributed by atoms with van der Waals surface area (Å²) in [6.07, 6.45) is 0. The molecule has 0 bridgehead atoms. The van der Waals surface area contributed by atoms with E-state index < -0.39 is 0 Å². The van der Waals surface area contributed by atoms with Crippen molar-refractivity contribution in [3.8, 4) is 0 Å². The second-order valence-corrected chi connectivity index (χ2v) is 5.81. The van der Waals surface area contributed by atoms with Crippen LogP contribution in [0.2, 0.25) is 5.02 Å². The molecule has 0 nitrogen and oxygen atoms in total. The quantitative estimate of drug-likeness (QED) is 0.375. The lowest BCUT2D eigenvalue weighted by Crippen LogP contribution is -1.71. The number of halogens is 1. The van der Waals surface area contributed by atoms with Crippen molar-refractivity contribution in [2.75, 3.05) is 0 Å². The van der Waals surface area contributed by atoms with Crippen LogP contribution in [0.15, 0.2) is 54.6 Å². The minimum absolute atomic E-state index is 0.845. The fourth-order valence-corrected chi connectivity index (χ4v) is 4.02. The third kappa shape index (κ3) is 1.32. The van der Waals surface area contributed by atoms with Crippen molar-refractivity contribution in [1.82, 2.24) is 0 Å². The van der Waals surface area contributed by atoms with Crippen LogP contribution in [-0.4, -0.2) is 0 Å².